The average Bonchev–Trinajstić information content (AvgIpc) is 3.39. The molecule has 0 aliphatic rings. The number of ether oxygens (including phenoxy) is 3. The smallest absolute Gasteiger partial charge is 0.306 e. The lowest BCUT2D eigenvalue weighted by atomic mass is 10.1. The fourth-order valence-electron chi connectivity index (χ4n) is 7.47. The number of esters is 3. The highest BCUT2D eigenvalue weighted by molar-refractivity contribution is 5.71. The van der Waals surface area contributed by atoms with Gasteiger partial charge in [-0.15, -0.1) is 0 Å². The van der Waals surface area contributed by atoms with E-state index in [1.165, 1.54) is 70.6 Å². The van der Waals surface area contributed by atoms with Crippen LogP contribution in [-0.2, 0) is 28.6 Å². The molecule has 0 saturated carbocycles. The normalized spacial score (nSPS) is 13.2. The van der Waals surface area contributed by atoms with Crippen LogP contribution < -0.4 is 0 Å². The van der Waals surface area contributed by atoms with Crippen molar-refractivity contribution in [2.75, 3.05) is 13.2 Å². The lowest BCUT2D eigenvalue weighted by Gasteiger charge is -2.18. The summed E-state index contributed by atoms with van der Waals surface area (Å²) < 4.78 is 16.8. The molecule has 0 radical (unpaired) electrons. The molecular weight excluding hydrogens is 901 g/mol. The van der Waals surface area contributed by atoms with Gasteiger partial charge in [0, 0.05) is 19.3 Å². The van der Waals surface area contributed by atoms with Gasteiger partial charge in [-0.25, -0.2) is 0 Å². The Morgan fingerprint density at radius 3 is 0.904 bits per heavy atom. The third kappa shape index (κ3) is 58.1. The van der Waals surface area contributed by atoms with Crippen molar-refractivity contribution < 1.29 is 28.6 Å². The second-order valence-electron chi connectivity index (χ2n) is 18.8. The van der Waals surface area contributed by atoms with Crippen molar-refractivity contribution in [2.45, 2.75) is 245 Å². The third-order valence-electron chi connectivity index (χ3n) is 11.8. The molecule has 0 heterocycles. The van der Waals surface area contributed by atoms with Crippen molar-refractivity contribution in [1.82, 2.24) is 0 Å². The van der Waals surface area contributed by atoms with Crippen molar-refractivity contribution in [1.29, 1.82) is 0 Å². The monoisotopic (exact) mass is 1010 g/mol. The first-order valence-electron chi connectivity index (χ1n) is 29.3. The van der Waals surface area contributed by atoms with Gasteiger partial charge in [-0.2, -0.15) is 0 Å². The maximum absolute atomic E-state index is 12.9. The summed E-state index contributed by atoms with van der Waals surface area (Å²) in [4.78, 5) is 38.2. The summed E-state index contributed by atoms with van der Waals surface area (Å²) >= 11 is 0. The molecule has 0 aromatic rings. The van der Waals surface area contributed by atoms with E-state index >= 15 is 0 Å². The average molecular weight is 1010 g/mol. The molecule has 0 bridgehead atoms. The minimum atomic E-state index is -0.825. The van der Waals surface area contributed by atoms with Crippen LogP contribution in [0.3, 0.4) is 0 Å². The fourth-order valence-corrected chi connectivity index (χ4v) is 7.47. The lowest BCUT2D eigenvalue weighted by Crippen LogP contribution is -2.30. The van der Waals surface area contributed by atoms with E-state index in [0.29, 0.717) is 19.3 Å². The molecule has 0 rings (SSSR count). The predicted octanol–water partition coefficient (Wildman–Crippen LogP) is 20.0. The Bertz CT molecular complexity index is 1630. The van der Waals surface area contributed by atoms with E-state index in [9.17, 15) is 14.4 Å². The number of unbranched alkanes of at least 4 members (excludes halogenated alkanes) is 16. The van der Waals surface area contributed by atoms with Crippen molar-refractivity contribution >= 4 is 17.9 Å². The number of allylic oxidation sites excluding steroid dienone is 24. The van der Waals surface area contributed by atoms with E-state index in [-0.39, 0.29) is 37.5 Å². The number of hydrogen-bond donors (Lipinski definition) is 0. The van der Waals surface area contributed by atoms with Crippen LogP contribution in [0.1, 0.15) is 239 Å². The van der Waals surface area contributed by atoms with Gasteiger partial charge in [0.15, 0.2) is 6.10 Å². The first-order valence-corrected chi connectivity index (χ1v) is 29.3. The molecule has 73 heavy (non-hydrogen) atoms. The van der Waals surface area contributed by atoms with Crippen molar-refractivity contribution in [3.05, 3.63) is 146 Å². The largest absolute Gasteiger partial charge is 0.462 e. The Balaban J connectivity index is 4.56. The summed E-state index contributed by atoms with van der Waals surface area (Å²) in [5.74, 6) is -1.02. The molecule has 0 aromatic heterocycles. The summed E-state index contributed by atoms with van der Waals surface area (Å²) in [6.45, 7) is 6.30. The Labute approximate surface area is 448 Å². The van der Waals surface area contributed by atoms with Gasteiger partial charge in [-0.3, -0.25) is 14.4 Å². The quantitative estimate of drug-likeness (QED) is 0.0261. The molecule has 0 saturated heterocycles. The van der Waals surface area contributed by atoms with Gasteiger partial charge in [-0.1, -0.05) is 231 Å². The second kappa shape index (κ2) is 59.8. The summed E-state index contributed by atoms with van der Waals surface area (Å²) in [7, 11) is 0. The molecule has 0 amide bonds. The van der Waals surface area contributed by atoms with Crippen LogP contribution >= 0.6 is 0 Å². The second-order valence-corrected chi connectivity index (χ2v) is 18.8. The van der Waals surface area contributed by atoms with Crippen molar-refractivity contribution in [2.24, 2.45) is 0 Å². The van der Waals surface area contributed by atoms with Crippen LogP contribution in [-0.4, -0.2) is 37.2 Å². The summed E-state index contributed by atoms with van der Waals surface area (Å²) in [6, 6.07) is 0. The molecule has 6 nitrogen and oxygen atoms in total. The van der Waals surface area contributed by atoms with Crippen molar-refractivity contribution in [3.63, 3.8) is 0 Å². The molecule has 0 aromatic carbocycles. The summed E-state index contributed by atoms with van der Waals surface area (Å²) in [6.07, 6.45) is 85.5. The van der Waals surface area contributed by atoms with E-state index in [0.717, 1.165) is 122 Å². The van der Waals surface area contributed by atoms with Crippen LogP contribution in [0.2, 0.25) is 0 Å². The molecule has 410 valence electrons. The number of hydrogen-bond acceptors (Lipinski definition) is 6. The van der Waals surface area contributed by atoms with E-state index in [2.05, 4.69) is 167 Å². The van der Waals surface area contributed by atoms with Gasteiger partial charge in [0.05, 0.1) is 0 Å². The van der Waals surface area contributed by atoms with Crippen LogP contribution in [0.15, 0.2) is 146 Å². The maximum Gasteiger partial charge on any atom is 0.306 e. The Kier molecular flexibility index (Phi) is 56.0. The predicted molar refractivity (Wildman–Crippen MR) is 315 cm³/mol. The van der Waals surface area contributed by atoms with Gasteiger partial charge < -0.3 is 14.2 Å². The van der Waals surface area contributed by atoms with Gasteiger partial charge >= 0.3 is 17.9 Å². The number of rotatable bonds is 51. The zero-order valence-electron chi connectivity index (χ0n) is 46.8. The molecule has 0 spiro atoms. The van der Waals surface area contributed by atoms with E-state index < -0.39 is 6.10 Å². The van der Waals surface area contributed by atoms with E-state index in [4.69, 9.17) is 14.2 Å². The molecule has 0 N–H and O–H groups in total. The Hall–Kier alpha value is -4.71. The molecule has 0 aliphatic carbocycles. The topological polar surface area (TPSA) is 78.9 Å². The molecule has 1 unspecified atom stereocenters. The first-order chi connectivity index (χ1) is 36.0. The van der Waals surface area contributed by atoms with Gasteiger partial charge in [0.1, 0.15) is 13.2 Å². The number of carbonyl (C=O) groups excluding carboxylic acids is 3. The molecule has 6 heteroatoms. The van der Waals surface area contributed by atoms with E-state index in [1.54, 1.807) is 0 Å². The maximum atomic E-state index is 12.9. The molecule has 1 atom stereocenters. The fraction of sp³-hybridized carbons (Fsp3) is 0.597. The van der Waals surface area contributed by atoms with Gasteiger partial charge in [0.2, 0.25) is 0 Å². The van der Waals surface area contributed by atoms with Gasteiger partial charge in [0.25, 0.3) is 0 Å². The molecular formula is C67H106O6. The van der Waals surface area contributed by atoms with Crippen LogP contribution in [0.4, 0.5) is 0 Å². The standard InChI is InChI=1S/C67H106O6/c1-4-7-10-13-16-19-22-25-28-31-33-36-39-42-45-48-51-54-57-60-66(69)72-63-64(62-71-65(68)59-56-53-50-47-44-41-38-35-30-27-24-21-18-15-12-9-6-3)73-67(70)61-58-55-52-49-46-43-40-37-34-32-29-26-23-20-17-14-11-8-5-2/h7,9-10,12,16-21,25-30,33,36,38,41-42,45,47,50,64H,4-6,8,11,13-15,22-24,31-32,34-35,37,39-40,43-44,46,48-49,51-63H2,1-3H3/b10-7-,12-9-,19-16-,20-17-,21-18-,28-25-,29-26-,30-27-,36-33-,41-38-,45-42-,50-47-. The molecule has 0 fully saturated rings. The highest BCUT2D eigenvalue weighted by atomic mass is 16.6. The van der Waals surface area contributed by atoms with Crippen LogP contribution in [0.25, 0.3) is 0 Å². The van der Waals surface area contributed by atoms with Crippen molar-refractivity contribution in [3.8, 4) is 0 Å². The minimum absolute atomic E-state index is 0.120. The minimum Gasteiger partial charge on any atom is -0.462 e. The van der Waals surface area contributed by atoms with Crippen LogP contribution in [0, 0.1) is 0 Å². The highest BCUT2D eigenvalue weighted by Crippen LogP contribution is 2.14. The molecule has 0 aliphatic heterocycles. The third-order valence-corrected chi connectivity index (χ3v) is 11.8. The van der Waals surface area contributed by atoms with Gasteiger partial charge in [-0.05, 0) is 135 Å². The summed E-state index contributed by atoms with van der Waals surface area (Å²) in [5, 5.41) is 0. The Morgan fingerprint density at radius 1 is 0.288 bits per heavy atom. The highest BCUT2D eigenvalue weighted by Gasteiger charge is 2.19. The Morgan fingerprint density at radius 2 is 0.548 bits per heavy atom. The zero-order valence-corrected chi connectivity index (χ0v) is 46.8. The summed E-state index contributed by atoms with van der Waals surface area (Å²) in [5.41, 5.74) is 0. The number of carbonyl (C=O) groups is 3. The first kappa shape index (κ1) is 68.3. The lowest BCUT2D eigenvalue weighted by molar-refractivity contribution is -0.167. The zero-order chi connectivity index (χ0) is 52.9. The van der Waals surface area contributed by atoms with Crippen LogP contribution in [0.5, 0.6) is 0 Å². The van der Waals surface area contributed by atoms with E-state index in [1.807, 2.05) is 0 Å². The SMILES string of the molecule is CC/C=C\C/C=C\C/C=C\C/C=C\C/C=C\CCCCCC(=O)OCC(COC(=O)CCC/C=C\C/C=C\C/C=C\C/C=C\C/C=C\CC)OC(=O)CCCCCCCCCCC/C=C\C/C=C\CCCCC.